The summed E-state index contributed by atoms with van der Waals surface area (Å²) in [5.74, 6) is 0.557. The second-order valence-electron chi connectivity index (χ2n) is 7.74. The second kappa shape index (κ2) is 9.98. The molecule has 1 aromatic carbocycles. The van der Waals surface area contributed by atoms with Crippen LogP contribution in [-0.4, -0.2) is 54.1 Å². The van der Waals surface area contributed by atoms with Crippen LogP contribution in [0.15, 0.2) is 36.9 Å². The van der Waals surface area contributed by atoms with Gasteiger partial charge in [-0.25, -0.2) is 0 Å². The fourth-order valence-electron chi connectivity index (χ4n) is 4.23. The van der Waals surface area contributed by atoms with Gasteiger partial charge in [0.15, 0.2) is 5.79 Å². The van der Waals surface area contributed by atoms with Crippen LogP contribution < -0.4 is 10.5 Å². The van der Waals surface area contributed by atoms with E-state index in [9.17, 15) is 4.79 Å². The first kappa shape index (κ1) is 22.2. The normalized spacial score (nSPS) is 29.8. The van der Waals surface area contributed by atoms with Crippen molar-refractivity contribution in [1.29, 1.82) is 0 Å². The van der Waals surface area contributed by atoms with Gasteiger partial charge in [0.05, 0.1) is 19.3 Å². The van der Waals surface area contributed by atoms with Gasteiger partial charge in [0, 0.05) is 31.9 Å². The number of carbonyl (C=O) groups is 1. The maximum Gasteiger partial charge on any atom is 0.282 e. The minimum Gasteiger partial charge on any atom is -0.497 e. The maximum atomic E-state index is 12.7. The lowest BCUT2D eigenvalue weighted by molar-refractivity contribution is -0.292. The van der Waals surface area contributed by atoms with Gasteiger partial charge in [-0.2, -0.15) is 0 Å². The summed E-state index contributed by atoms with van der Waals surface area (Å²) < 4.78 is 17.7. The molecular weight excluding hydrogens is 388 g/mol. The van der Waals surface area contributed by atoms with Crippen molar-refractivity contribution in [3.63, 3.8) is 0 Å². The van der Waals surface area contributed by atoms with Crippen LogP contribution in [0.25, 0.3) is 0 Å². The monoisotopic (exact) mass is 420 g/mol. The molecule has 2 saturated heterocycles. The fourth-order valence-corrected chi connectivity index (χ4v) is 5.32. The molecule has 4 atom stereocenters. The SMILES string of the molecule is C=CCCC[C@@H]1C[C@@H](N)C[C@](OC)([C@@H]2CSC(=O)N2Cc2ccc(OC)cc2)O1. The van der Waals surface area contributed by atoms with E-state index in [-0.39, 0.29) is 23.4 Å². The van der Waals surface area contributed by atoms with Crippen molar-refractivity contribution in [3.05, 3.63) is 42.5 Å². The predicted octanol–water partition coefficient (Wildman–Crippen LogP) is 3.94. The smallest absolute Gasteiger partial charge is 0.282 e. The molecule has 29 heavy (non-hydrogen) atoms. The number of carbonyl (C=O) groups excluding carboxylic acids is 1. The van der Waals surface area contributed by atoms with E-state index < -0.39 is 5.79 Å². The standard InChI is InChI=1S/C22H32N2O4S/c1-4-5-6-7-19-12-17(23)13-22(27-3,28-19)20-15-29-21(25)24(20)14-16-8-10-18(26-2)11-9-16/h4,8-11,17,19-20H,1,5-7,12-15,23H2,2-3H3/t17-,19-,20+,22-/m1/s1. The van der Waals surface area contributed by atoms with E-state index in [0.717, 1.165) is 37.0 Å². The lowest BCUT2D eigenvalue weighted by Crippen LogP contribution is -2.61. The number of thioether (sulfide) groups is 1. The summed E-state index contributed by atoms with van der Waals surface area (Å²) in [6, 6.07) is 7.59. The summed E-state index contributed by atoms with van der Waals surface area (Å²) >= 11 is 1.32. The summed E-state index contributed by atoms with van der Waals surface area (Å²) in [5.41, 5.74) is 7.45. The number of hydrogen-bond donors (Lipinski definition) is 1. The summed E-state index contributed by atoms with van der Waals surface area (Å²) in [5, 5.41) is 0.0493. The molecule has 0 radical (unpaired) electrons. The lowest BCUT2D eigenvalue weighted by atomic mass is 9.89. The Morgan fingerprint density at radius 3 is 2.79 bits per heavy atom. The van der Waals surface area contributed by atoms with Gasteiger partial charge in [-0.1, -0.05) is 30.0 Å². The Bertz CT molecular complexity index is 699. The molecule has 2 heterocycles. The highest BCUT2D eigenvalue weighted by Gasteiger charge is 2.52. The minimum absolute atomic E-state index is 0.0130. The number of allylic oxidation sites excluding steroid dienone is 1. The van der Waals surface area contributed by atoms with Gasteiger partial charge >= 0.3 is 0 Å². The van der Waals surface area contributed by atoms with Crippen LogP contribution >= 0.6 is 11.8 Å². The number of benzene rings is 1. The third-order valence-electron chi connectivity index (χ3n) is 5.75. The van der Waals surface area contributed by atoms with Crippen LogP contribution in [0.2, 0.25) is 0 Å². The molecule has 0 bridgehead atoms. The lowest BCUT2D eigenvalue weighted by Gasteiger charge is -2.48. The van der Waals surface area contributed by atoms with Crippen LogP contribution in [0.5, 0.6) is 5.75 Å². The Kier molecular flexibility index (Phi) is 7.62. The van der Waals surface area contributed by atoms with Gasteiger partial charge in [-0.05, 0) is 43.4 Å². The van der Waals surface area contributed by atoms with Crippen LogP contribution in [0, 0.1) is 0 Å². The number of methoxy groups -OCH3 is 2. The number of ether oxygens (including phenoxy) is 3. The van der Waals surface area contributed by atoms with Gasteiger partial charge in [0.25, 0.3) is 5.24 Å². The molecule has 1 amide bonds. The highest BCUT2D eigenvalue weighted by Crippen LogP contribution is 2.41. The number of nitrogens with zero attached hydrogens (tertiary/aromatic N) is 1. The molecule has 3 rings (SSSR count). The molecule has 2 N–H and O–H groups in total. The number of nitrogens with two attached hydrogens (primary N) is 1. The van der Waals surface area contributed by atoms with Crippen molar-refractivity contribution in [1.82, 2.24) is 4.90 Å². The van der Waals surface area contributed by atoms with Crippen molar-refractivity contribution < 1.29 is 19.0 Å². The van der Waals surface area contributed by atoms with Gasteiger partial charge < -0.3 is 24.8 Å². The Morgan fingerprint density at radius 1 is 1.38 bits per heavy atom. The Balaban J connectivity index is 1.77. The molecule has 0 saturated carbocycles. The molecule has 0 spiro atoms. The first-order chi connectivity index (χ1) is 14.0. The third kappa shape index (κ3) is 5.15. The van der Waals surface area contributed by atoms with Crippen molar-refractivity contribution in [3.8, 4) is 5.75 Å². The van der Waals surface area contributed by atoms with Crippen molar-refractivity contribution >= 4 is 17.0 Å². The van der Waals surface area contributed by atoms with Crippen LogP contribution in [0.3, 0.4) is 0 Å². The summed E-state index contributed by atoms with van der Waals surface area (Å²) in [6.07, 6.45) is 6.23. The molecule has 1 aromatic rings. The van der Waals surface area contributed by atoms with E-state index in [1.807, 2.05) is 35.2 Å². The van der Waals surface area contributed by atoms with Gasteiger partial charge in [0.1, 0.15) is 5.75 Å². The van der Waals surface area contributed by atoms with Gasteiger partial charge in [0.2, 0.25) is 0 Å². The molecule has 2 aliphatic heterocycles. The van der Waals surface area contributed by atoms with E-state index in [2.05, 4.69) is 6.58 Å². The molecule has 0 unspecified atom stereocenters. The topological polar surface area (TPSA) is 74.0 Å². The molecule has 2 fully saturated rings. The summed E-state index contributed by atoms with van der Waals surface area (Å²) in [4.78, 5) is 14.6. The summed E-state index contributed by atoms with van der Waals surface area (Å²) in [6.45, 7) is 4.30. The van der Waals surface area contributed by atoms with Crippen molar-refractivity contribution in [2.24, 2.45) is 5.73 Å². The first-order valence-electron chi connectivity index (χ1n) is 10.2. The fraction of sp³-hybridized carbons (Fsp3) is 0.591. The highest BCUT2D eigenvalue weighted by molar-refractivity contribution is 8.13. The largest absolute Gasteiger partial charge is 0.497 e. The average Bonchev–Trinajstić information content (AvgIpc) is 3.09. The van der Waals surface area contributed by atoms with Gasteiger partial charge in [-0.3, -0.25) is 4.79 Å². The number of hydrogen-bond acceptors (Lipinski definition) is 6. The molecule has 0 aromatic heterocycles. The van der Waals surface area contributed by atoms with Crippen LogP contribution in [0.4, 0.5) is 4.79 Å². The van der Waals surface area contributed by atoms with Gasteiger partial charge in [-0.15, -0.1) is 6.58 Å². The Hall–Kier alpha value is -1.54. The highest BCUT2D eigenvalue weighted by atomic mass is 32.2. The second-order valence-corrected chi connectivity index (χ2v) is 8.72. The van der Waals surface area contributed by atoms with Crippen molar-refractivity contribution in [2.75, 3.05) is 20.0 Å². The van der Waals surface area contributed by atoms with Crippen LogP contribution in [0.1, 0.15) is 37.7 Å². The predicted molar refractivity (Wildman–Crippen MR) is 116 cm³/mol. The van der Waals surface area contributed by atoms with Crippen LogP contribution in [-0.2, 0) is 16.0 Å². The zero-order valence-electron chi connectivity index (χ0n) is 17.3. The molecule has 6 nitrogen and oxygen atoms in total. The van der Waals surface area contributed by atoms with E-state index in [1.54, 1.807) is 14.2 Å². The van der Waals surface area contributed by atoms with E-state index in [0.29, 0.717) is 18.7 Å². The Labute approximate surface area is 177 Å². The van der Waals surface area contributed by atoms with Crippen molar-refractivity contribution in [2.45, 2.75) is 62.6 Å². The molecule has 2 aliphatic rings. The molecule has 0 aliphatic carbocycles. The molecule has 160 valence electrons. The number of unbranched alkanes of at least 4 members (excludes halogenated alkanes) is 1. The average molecular weight is 421 g/mol. The quantitative estimate of drug-likeness (QED) is 0.482. The zero-order chi connectivity index (χ0) is 20.9. The first-order valence-corrected chi connectivity index (χ1v) is 11.2. The third-order valence-corrected chi connectivity index (χ3v) is 6.72. The molecule has 7 heteroatoms. The minimum atomic E-state index is -0.873. The molecular formula is C22H32N2O4S. The van der Waals surface area contributed by atoms with E-state index >= 15 is 0 Å². The Morgan fingerprint density at radius 2 is 2.14 bits per heavy atom. The number of rotatable bonds is 9. The maximum absolute atomic E-state index is 12.7. The van der Waals surface area contributed by atoms with E-state index in [1.165, 1.54) is 11.8 Å². The van der Waals surface area contributed by atoms with E-state index in [4.69, 9.17) is 19.9 Å². The summed E-state index contributed by atoms with van der Waals surface area (Å²) in [7, 11) is 3.31. The number of amides is 1. The zero-order valence-corrected chi connectivity index (χ0v) is 18.2.